The van der Waals surface area contributed by atoms with Gasteiger partial charge < -0.3 is 15.2 Å². The first kappa shape index (κ1) is 13.4. The number of rotatable bonds is 2. The van der Waals surface area contributed by atoms with E-state index in [1.807, 2.05) is 5.32 Å². The maximum atomic E-state index is 11.6. The van der Waals surface area contributed by atoms with Crippen molar-refractivity contribution in [3.05, 3.63) is 28.8 Å². The molecule has 1 aliphatic heterocycles. The number of nitrogens with two attached hydrogens (primary N) is 1. The molecule has 7 heteroatoms. The number of carbonyl (C=O) groups is 2. The zero-order valence-corrected chi connectivity index (χ0v) is 10.6. The van der Waals surface area contributed by atoms with Gasteiger partial charge in [0.05, 0.1) is 0 Å². The van der Waals surface area contributed by atoms with Gasteiger partial charge >= 0.3 is 6.03 Å². The van der Waals surface area contributed by atoms with Crippen LogP contribution < -0.4 is 20.5 Å². The fourth-order valence-electron chi connectivity index (χ4n) is 1.70. The average molecular weight is 273 g/mol. The number of aryl methyl sites for hydroxylation is 1. The Labute approximate surface area is 114 Å². The summed E-state index contributed by atoms with van der Waals surface area (Å²) in [7, 11) is 0. The Hall–Kier alpha value is -3.01. The molecule has 0 atom stereocenters. The molecular formula is C13H11N3O4. The number of imide groups is 1. The van der Waals surface area contributed by atoms with Crippen LogP contribution in [0.25, 0.3) is 6.08 Å². The number of benzene rings is 1. The van der Waals surface area contributed by atoms with E-state index < -0.39 is 11.9 Å². The van der Waals surface area contributed by atoms with E-state index in [1.165, 1.54) is 6.08 Å². The Morgan fingerprint density at radius 3 is 2.65 bits per heavy atom. The largest absolute Gasteiger partial charge is 0.454 e. The van der Waals surface area contributed by atoms with Crippen LogP contribution in [0, 0.1) is 18.3 Å². The summed E-state index contributed by atoms with van der Waals surface area (Å²) in [6, 6.07) is 4.11. The highest BCUT2D eigenvalue weighted by Gasteiger charge is 2.17. The van der Waals surface area contributed by atoms with Crippen LogP contribution >= 0.6 is 0 Å². The maximum Gasteiger partial charge on any atom is 0.319 e. The maximum absolute atomic E-state index is 11.6. The van der Waals surface area contributed by atoms with E-state index in [4.69, 9.17) is 20.5 Å². The first-order valence-electron chi connectivity index (χ1n) is 5.64. The molecule has 1 heterocycles. The third kappa shape index (κ3) is 2.70. The van der Waals surface area contributed by atoms with Crippen LogP contribution in [0.3, 0.4) is 0 Å². The molecule has 3 N–H and O–H groups in total. The van der Waals surface area contributed by atoms with Gasteiger partial charge in [-0.2, -0.15) is 5.26 Å². The van der Waals surface area contributed by atoms with Gasteiger partial charge in [0.2, 0.25) is 6.79 Å². The number of carbonyl (C=O) groups excluding carboxylic acids is 2. The summed E-state index contributed by atoms with van der Waals surface area (Å²) in [5.41, 5.74) is 6.02. The summed E-state index contributed by atoms with van der Waals surface area (Å²) >= 11 is 0. The number of nitrogens with one attached hydrogen (secondary N) is 1. The molecule has 1 aliphatic rings. The van der Waals surface area contributed by atoms with Crippen molar-refractivity contribution in [3.8, 4) is 17.6 Å². The van der Waals surface area contributed by atoms with Crippen molar-refractivity contribution in [1.29, 1.82) is 5.26 Å². The standard InChI is InChI=1S/C13H11N3O4/c1-7-2-10-11(20-6-19-10)4-8(7)3-9(5-14)12(17)16-13(15)18/h2-4H,6H2,1H3,(H3,15,16,17,18)/b9-3-. The molecule has 0 aliphatic carbocycles. The molecule has 0 bridgehead atoms. The first-order chi connectivity index (χ1) is 9.51. The summed E-state index contributed by atoms with van der Waals surface area (Å²) in [5.74, 6) is 0.297. The molecule has 0 saturated carbocycles. The third-order valence-electron chi connectivity index (χ3n) is 2.66. The van der Waals surface area contributed by atoms with E-state index in [-0.39, 0.29) is 12.4 Å². The smallest absolute Gasteiger partial charge is 0.319 e. The predicted molar refractivity (Wildman–Crippen MR) is 68.6 cm³/mol. The fraction of sp³-hybridized carbons (Fsp3) is 0.154. The third-order valence-corrected chi connectivity index (χ3v) is 2.66. The van der Waals surface area contributed by atoms with Gasteiger partial charge in [-0.3, -0.25) is 10.1 Å². The number of nitriles is 1. The fourth-order valence-corrected chi connectivity index (χ4v) is 1.70. The lowest BCUT2D eigenvalue weighted by atomic mass is 10.0. The van der Waals surface area contributed by atoms with E-state index in [0.717, 1.165) is 5.56 Å². The second-order valence-electron chi connectivity index (χ2n) is 4.05. The van der Waals surface area contributed by atoms with Crippen molar-refractivity contribution >= 4 is 18.0 Å². The van der Waals surface area contributed by atoms with Crippen LogP contribution in [0.2, 0.25) is 0 Å². The lowest BCUT2D eigenvalue weighted by Crippen LogP contribution is -2.35. The van der Waals surface area contributed by atoms with E-state index in [0.29, 0.717) is 17.1 Å². The average Bonchev–Trinajstić information content (AvgIpc) is 2.81. The second kappa shape index (κ2) is 5.32. The number of primary amides is 1. The molecular weight excluding hydrogens is 262 g/mol. The van der Waals surface area contributed by atoms with Crippen molar-refractivity contribution in [1.82, 2.24) is 5.32 Å². The molecule has 7 nitrogen and oxygen atoms in total. The van der Waals surface area contributed by atoms with Crippen molar-refractivity contribution in [2.45, 2.75) is 6.92 Å². The minimum Gasteiger partial charge on any atom is -0.454 e. The quantitative estimate of drug-likeness (QED) is 0.611. The van der Waals surface area contributed by atoms with Crippen molar-refractivity contribution in [2.75, 3.05) is 6.79 Å². The minimum atomic E-state index is -1.02. The van der Waals surface area contributed by atoms with Crippen molar-refractivity contribution in [2.24, 2.45) is 5.73 Å². The number of urea groups is 1. The van der Waals surface area contributed by atoms with E-state index in [9.17, 15) is 9.59 Å². The molecule has 0 radical (unpaired) electrons. The summed E-state index contributed by atoms with van der Waals surface area (Å²) < 4.78 is 10.4. The highest BCUT2D eigenvalue weighted by molar-refractivity contribution is 6.08. The Balaban J connectivity index is 2.36. The minimum absolute atomic E-state index is 0.134. The van der Waals surface area contributed by atoms with Crippen LogP contribution in [0.4, 0.5) is 4.79 Å². The van der Waals surface area contributed by atoms with Crippen LogP contribution in [0.15, 0.2) is 17.7 Å². The van der Waals surface area contributed by atoms with Gasteiger partial charge in [0.15, 0.2) is 11.5 Å². The number of amides is 3. The van der Waals surface area contributed by atoms with Crippen molar-refractivity contribution in [3.63, 3.8) is 0 Å². The second-order valence-corrected chi connectivity index (χ2v) is 4.05. The molecule has 1 aromatic carbocycles. The van der Waals surface area contributed by atoms with Crippen LogP contribution in [0.5, 0.6) is 11.5 Å². The number of hydrogen-bond donors (Lipinski definition) is 2. The summed E-state index contributed by atoms with van der Waals surface area (Å²) in [4.78, 5) is 22.2. The van der Waals surface area contributed by atoms with Gasteiger partial charge in [-0.15, -0.1) is 0 Å². The molecule has 1 aromatic rings. The Morgan fingerprint density at radius 1 is 1.40 bits per heavy atom. The van der Waals surface area contributed by atoms with E-state index >= 15 is 0 Å². The van der Waals surface area contributed by atoms with Gasteiger partial charge in [0, 0.05) is 0 Å². The zero-order chi connectivity index (χ0) is 14.7. The van der Waals surface area contributed by atoms with E-state index in [2.05, 4.69) is 0 Å². The molecule has 20 heavy (non-hydrogen) atoms. The number of fused-ring (bicyclic) bond motifs is 1. The normalized spacial score (nSPS) is 12.7. The molecule has 0 aromatic heterocycles. The van der Waals surface area contributed by atoms with Gasteiger partial charge in [-0.25, -0.2) is 4.79 Å². The highest BCUT2D eigenvalue weighted by Crippen LogP contribution is 2.35. The molecule has 3 amide bonds. The summed E-state index contributed by atoms with van der Waals surface area (Å²) in [5, 5.41) is 10.8. The molecule has 102 valence electrons. The Bertz CT molecular complexity index is 658. The lowest BCUT2D eigenvalue weighted by molar-refractivity contribution is -0.115. The molecule has 0 fully saturated rings. The molecule has 0 unspecified atom stereocenters. The van der Waals surface area contributed by atoms with Gasteiger partial charge in [-0.05, 0) is 36.3 Å². The molecule has 2 rings (SSSR count). The van der Waals surface area contributed by atoms with Crippen LogP contribution in [0.1, 0.15) is 11.1 Å². The topological polar surface area (TPSA) is 114 Å². The monoisotopic (exact) mass is 273 g/mol. The summed E-state index contributed by atoms with van der Waals surface area (Å²) in [6.45, 7) is 1.93. The Morgan fingerprint density at radius 2 is 2.05 bits per heavy atom. The number of ether oxygens (including phenoxy) is 2. The van der Waals surface area contributed by atoms with E-state index in [1.54, 1.807) is 25.1 Å². The zero-order valence-electron chi connectivity index (χ0n) is 10.6. The van der Waals surface area contributed by atoms with Crippen LogP contribution in [-0.2, 0) is 4.79 Å². The van der Waals surface area contributed by atoms with Crippen molar-refractivity contribution < 1.29 is 19.1 Å². The van der Waals surface area contributed by atoms with Gasteiger partial charge in [-0.1, -0.05) is 0 Å². The highest BCUT2D eigenvalue weighted by atomic mass is 16.7. The Kier molecular flexibility index (Phi) is 3.57. The predicted octanol–water partition coefficient (Wildman–Crippen LogP) is 0.826. The van der Waals surface area contributed by atoms with Crippen LogP contribution in [-0.4, -0.2) is 18.7 Å². The number of nitrogens with zero attached hydrogens (tertiary/aromatic N) is 1. The first-order valence-corrected chi connectivity index (χ1v) is 5.64. The number of hydrogen-bond acceptors (Lipinski definition) is 5. The lowest BCUT2D eigenvalue weighted by Gasteiger charge is -2.04. The SMILES string of the molecule is Cc1cc2c(cc1/C=C(/C#N)C(=O)NC(N)=O)OCO2. The summed E-state index contributed by atoms with van der Waals surface area (Å²) in [6.07, 6.45) is 1.36. The van der Waals surface area contributed by atoms with Gasteiger partial charge in [0.25, 0.3) is 5.91 Å². The molecule has 0 spiro atoms. The van der Waals surface area contributed by atoms with Gasteiger partial charge in [0.1, 0.15) is 11.6 Å². The molecule has 0 saturated heterocycles.